The molecular weight excluding hydrogens is 646 g/mol. The van der Waals surface area contributed by atoms with Crippen LogP contribution in [0.1, 0.15) is 165 Å². The van der Waals surface area contributed by atoms with E-state index < -0.39 is 23.7 Å². The zero-order valence-electron chi connectivity index (χ0n) is 34.4. The standard InChI is InChI=1S/C47H74FNO3/c1-31(2)33-14-21-47(49-29-28-46(52)25-22-40(3,4)23-26-46)27-24-43(8)35(38(33)47)10-11-37-42(7)17-15-34(41(5,6)36(42)16-18-44(37,43)9)32-12-19-45(30-48,20-13-32)39(50)51/h12,15,33,35-38,49,52H,1,10-11,13-14,16-30H2,2-9H3,(H,50,51)/t33-,35+,36-,37+,38+,42-,43+,44+,45+,47-/m0/s1. The quantitative estimate of drug-likeness (QED) is 0.218. The fraction of sp³-hybridized carbons (Fsp3) is 0.851. The van der Waals surface area contributed by atoms with Crippen LogP contribution in [0.15, 0.2) is 35.5 Å². The van der Waals surface area contributed by atoms with Crippen LogP contribution in [0.25, 0.3) is 0 Å². The molecule has 7 rings (SSSR count). The van der Waals surface area contributed by atoms with Gasteiger partial charge in [-0.05, 0) is 190 Å². The zero-order valence-corrected chi connectivity index (χ0v) is 34.4. The Morgan fingerprint density at radius 1 is 0.846 bits per heavy atom. The average molecular weight is 720 g/mol. The van der Waals surface area contributed by atoms with Gasteiger partial charge in [0.1, 0.15) is 6.67 Å². The first-order valence-corrected chi connectivity index (χ1v) is 21.5. The molecule has 0 bridgehead atoms. The van der Waals surface area contributed by atoms with Gasteiger partial charge in [-0.25, -0.2) is 4.39 Å². The Balaban J connectivity index is 1.13. The summed E-state index contributed by atoms with van der Waals surface area (Å²) in [7, 11) is 0. The maximum atomic E-state index is 14.0. The number of alkyl halides is 1. The van der Waals surface area contributed by atoms with Gasteiger partial charge in [-0.1, -0.05) is 72.8 Å². The van der Waals surface area contributed by atoms with E-state index in [0.29, 0.717) is 54.3 Å². The molecule has 292 valence electrons. The van der Waals surface area contributed by atoms with Gasteiger partial charge in [-0.2, -0.15) is 0 Å². The molecule has 4 nitrogen and oxygen atoms in total. The average Bonchev–Trinajstić information content (AvgIpc) is 3.46. The lowest BCUT2D eigenvalue weighted by molar-refractivity contribution is -0.221. The third-order valence-electron chi connectivity index (χ3n) is 18.9. The van der Waals surface area contributed by atoms with Crippen LogP contribution in [0.4, 0.5) is 4.39 Å². The summed E-state index contributed by atoms with van der Waals surface area (Å²) in [6.45, 7) is 24.8. The van der Waals surface area contributed by atoms with Crippen molar-refractivity contribution in [2.24, 2.45) is 62.1 Å². The zero-order chi connectivity index (χ0) is 37.8. The molecule has 52 heavy (non-hydrogen) atoms. The van der Waals surface area contributed by atoms with E-state index in [0.717, 1.165) is 45.1 Å². The van der Waals surface area contributed by atoms with Gasteiger partial charge >= 0.3 is 5.97 Å². The minimum Gasteiger partial charge on any atom is -0.481 e. The largest absolute Gasteiger partial charge is 0.481 e. The molecule has 0 aromatic heterocycles. The van der Waals surface area contributed by atoms with Crippen molar-refractivity contribution in [3.05, 3.63) is 35.5 Å². The number of aliphatic hydroxyl groups is 1. The van der Waals surface area contributed by atoms with Crippen molar-refractivity contribution in [3.8, 4) is 0 Å². The van der Waals surface area contributed by atoms with E-state index in [-0.39, 0.29) is 27.2 Å². The molecule has 7 aliphatic carbocycles. The minimum atomic E-state index is -1.25. The molecule has 0 saturated heterocycles. The summed E-state index contributed by atoms with van der Waals surface area (Å²) in [4.78, 5) is 12.0. The third kappa shape index (κ3) is 5.72. The van der Waals surface area contributed by atoms with E-state index in [1.807, 2.05) is 0 Å². The Hall–Kier alpha value is -1.46. The third-order valence-corrected chi connectivity index (χ3v) is 18.9. The minimum absolute atomic E-state index is 0.00283. The van der Waals surface area contributed by atoms with Crippen LogP contribution in [-0.4, -0.2) is 40.5 Å². The summed E-state index contributed by atoms with van der Waals surface area (Å²) in [6.07, 6.45) is 22.2. The highest BCUT2D eigenvalue weighted by Gasteiger charge is 2.70. The molecule has 3 N–H and O–H groups in total. The molecule has 0 aliphatic heterocycles. The number of carboxylic acids is 1. The molecule has 0 heterocycles. The Morgan fingerprint density at radius 3 is 2.17 bits per heavy atom. The summed E-state index contributed by atoms with van der Waals surface area (Å²) < 4.78 is 14.0. The van der Waals surface area contributed by atoms with Gasteiger partial charge < -0.3 is 15.5 Å². The van der Waals surface area contributed by atoms with Crippen molar-refractivity contribution in [1.29, 1.82) is 0 Å². The first kappa shape index (κ1) is 38.8. The van der Waals surface area contributed by atoms with Crippen molar-refractivity contribution in [3.63, 3.8) is 0 Å². The first-order chi connectivity index (χ1) is 24.2. The number of allylic oxidation sites excluding steroid dienone is 5. The van der Waals surface area contributed by atoms with Gasteiger partial charge in [0, 0.05) is 5.54 Å². The Bertz CT molecular complexity index is 1500. The Kier molecular flexibility index (Phi) is 9.54. The molecule has 0 aromatic rings. The molecule has 0 aromatic carbocycles. The van der Waals surface area contributed by atoms with Gasteiger partial charge in [0.05, 0.1) is 11.0 Å². The Morgan fingerprint density at radius 2 is 1.56 bits per heavy atom. The molecule has 7 aliphatic rings. The summed E-state index contributed by atoms with van der Waals surface area (Å²) in [5, 5.41) is 25.7. The molecule has 5 saturated carbocycles. The first-order valence-electron chi connectivity index (χ1n) is 21.5. The predicted molar refractivity (Wildman–Crippen MR) is 211 cm³/mol. The van der Waals surface area contributed by atoms with E-state index in [1.54, 1.807) is 0 Å². The van der Waals surface area contributed by atoms with Crippen LogP contribution >= 0.6 is 0 Å². The van der Waals surface area contributed by atoms with E-state index >= 15 is 0 Å². The normalized spacial score (nSPS) is 46.1. The van der Waals surface area contributed by atoms with Crippen molar-refractivity contribution in [2.45, 2.75) is 176 Å². The second kappa shape index (κ2) is 12.8. The van der Waals surface area contributed by atoms with E-state index in [2.05, 4.69) is 79.4 Å². The molecule has 0 amide bonds. The van der Waals surface area contributed by atoms with Crippen LogP contribution in [-0.2, 0) is 4.79 Å². The SMILES string of the molecule is C=C(C)[C@@H]1CC[C@]2(NCCC3(O)CCC(C)(C)CC3)CC[C@]3(C)[C@H](CC[C@@H]4[C@@]5(C)CC=C(C6=CC[C@@](CF)(C(=O)O)CC6)C(C)(C)[C@@H]5CC[C@]43C)[C@@H]12. The number of halogens is 1. The molecule has 10 atom stereocenters. The van der Waals surface area contributed by atoms with Gasteiger partial charge in [-0.15, -0.1) is 0 Å². The monoisotopic (exact) mass is 720 g/mol. The maximum absolute atomic E-state index is 14.0. The van der Waals surface area contributed by atoms with Crippen LogP contribution in [0.2, 0.25) is 0 Å². The number of rotatable bonds is 8. The number of hydrogen-bond donors (Lipinski definition) is 3. The number of aliphatic carboxylic acids is 1. The Labute approximate surface area is 316 Å². The van der Waals surface area contributed by atoms with Crippen LogP contribution in [0.5, 0.6) is 0 Å². The number of fused-ring (bicyclic) bond motifs is 7. The number of carboxylic acid groups (broad SMARTS) is 1. The number of nitrogens with one attached hydrogen (secondary N) is 1. The lowest BCUT2D eigenvalue weighted by Crippen LogP contribution is -2.68. The summed E-state index contributed by atoms with van der Waals surface area (Å²) in [6, 6.07) is 0. The van der Waals surface area contributed by atoms with E-state index in [1.165, 1.54) is 68.1 Å². The maximum Gasteiger partial charge on any atom is 0.312 e. The molecular formula is C47H74FNO3. The van der Waals surface area contributed by atoms with Crippen LogP contribution in [0, 0.1) is 62.1 Å². The summed E-state index contributed by atoms with van der Waals surface area (Å²) in [5.74, 6) is 2.11. The van der Waals surface area contributed by atoms with E-state index in [9.17, 15) is 19.4 Å². The smallest absolute Gasteiger partial charge is 0.312 e. The molecule has 0 spiro atoms. The lowest BCUT2D eigenvalue weighted by Gasteiger charge is -2.72. The topological polar surface area (TPSA) is 69.6 Å². The fourth-order valence-electron chi connectivity index (χ4n) is 15.3. The summed E-state index contributed by atoms with van der Waals surface area (Å²) >= 11 is 0. The van der Waals surface area contributed by atoms with Gasteiger partial charge in [-0.3, -0.25) is 4.79 Å². The van der Waals surface area contributed by atoms with Crippen molar-refractivity contribution in [1.82, 2.24) is 5.32 Å². The predicted octanol–water partition coefficient (Wildman–Crippen LogP) is 11.4. The van der Waals surface area contributed by atoms with Crippen LogP contribution < -0.4 is 5.32 Å². The highest BCUT2D eigenvalue weighted by molar-refractivity contribution is 5.75. The fourth-order valence-corrected chi connectivity index (χ4v) is 15.3. The molecule has 5 heteroatoms. The molecule has 5 fully saturated rings. The van der Waals surface area contributed by atoms with Gasteiger partial charge in [0.2, 0.25) is 0 Å². The van der Waals surface area contributed by atoms with Gasteiger partial charge in [0.15, 0.2) is 0 Å². The highest BCUT2D eigenvalue weighted by Crippen LogP contribution is 2.76. The second-order valence-corrected chi connectivity index (χ2v) is 22.1. The number of hydrogen-bond acceptors (Lipinski definition) is 3. The van der Waals surface area contributed by atoms with Gasteiger partial charge in [0.25, 0.3) is 0 Å². The van der Waals surface area contributed by atoms with E-state index in [4.69, 9.17) is 0 Å². The van der Waals surface area contributed by atoms with Crippen molar-refractivity contribution < 1.29 is 19.4 Å². The lowest BCUT2D eigenvalue weighted by atomic mass is 9.33. The molecule has 0 radical (unpaired) electrons. The van der Waals surface area contributed by atoms with Crippen LogP contribution in [0.3, 0.4) is 0 Å². The summed E-state index contributed by atoms with van der Waals surface area (Å²) in [5.41, 5.74) is 3.58. The molecule has 0 unspecified atom stereocenters. The second-order valence-electron chi connectivity index (χ2n) is 22.1. The van der Waals surface area contributed by atoms with Crippen molar-refractivity contribution in [2.75, 3.05) is 13.2 Å². The number of carbonyl (C=O) groups is 1. The highest BCUT2D eigenvalue weighted by atomic mass is 19.1. The van der Waals surface area contributed by atoms with Crippen molar-refractivity contribution >= 4 is 5.97 Å².